The molecule has 0 aromatic carbocycles. The number of thiazole rings is 1. The average molecular weight is 622 g/mol. The molecule has 0 unspecified atom stereocenters. The molecule has 0 fully saturated rings. The third kappa shape index (κ3) is 14.1. The van der Waals surface area contributed by atoms with Crippen LogP contribution in [0.5, 0.6) is 0 Å². The Labute approximate surface area is 260 Å². The van der Waals surface area contributed by atoms with Crippen LogP contribution in [0.2, 0.25) is 0 Å². The second kappa shape index (κ2) is 18.4. The zero-order valence-electron chi connectivity index (χ0n) is 27.2. The molecular formula is C30H51N7O5S. The quantitative estimate of drug-likeness (QED) is 0.167. The minimum Gasteiger partial charge on any atom is -0.348 e. The molecule has 0 saturated carbocycles. The van der Waals surface area contributed by atoms with Gasteiger partial charge >= 0.3 is 0 Å². The van der Waals surface area contributed by atoms with Crippen LogP contribution >= 0.6 is 11.3 Å². The van der Waals surface area contributed by atoms with Crippen LogP contribution in [-0.2, 0) is 24.0 Å². The van der Waals surface area contributed by atoms with Gasteiger partial charge in [-0.2, -0.15) is 0 Å². The van der Waals surface area contributed by atoms with Gasteiger partial charge in [-0.05, 0) is 58.5 Å². The second-order valence-corrected chi connectivity index (χ2v) is 13.1. The lowest BCUT2D eigenvalue weighted by molar-refractivity contribution is -0.134. The molecule has 0 spiro atoms. The Kier molecular flexibility index (Phi) is 16.1. The molecule has 1 aromatic rings. The number of amides is 5. The molecule has 12 nitrogen and oxygen atoms in total. The molecule has 0 aliphatic rings. The van der Waals surface area contributed by atoms with Crippen molar-refractivity contribution in [1.82, 2.24) is 31.2 Å². The first-order valence-electron chi connectivity index (χ1n) is 14.8. The fourth-order valence-electron chi connectivity index (χ4n) is 4.50. The molecule has 1 aromatic heterocycles. The first-order chi connectivity index (χ1) is 20.0. The van der Waals surface area contributed by atoms with Crippen molar-refractivity contribution in [1.29, 1.82) is 0 Å². The van der Waals surface area contributed by atoms with E-state index in [1.807, 2.05) is 60.5 Å². The predicted octanol–water partition coefficient (Wildman–Crippen LogP) is 2.30. The van der Waals surface area contributed by atoms with Crippen molar-refractivity contribution in [2.24, 2.45) is 17.8 Å². The van der Waals surface area contributed by atoms with Crippen LogP contribution in [0.3, 0.4) is 0 Å². The molecule has 0 aliphatic carbocycles. The van der Waals surface area contributed by atoms with Crippen LogP contribution in [0, 0.1) is 17.8 Å². The Morgan fingerprint density at radius 3 is 1.79 bits per heavy atom. The third-order valence-corrected chi connectivity index (χ3v) is 7.15. The van der Waals surface area contributed by atoms with Gasteiger partial charge in [0.05, 0.1) is 6.04 Å². The van der Waals surface area contributed by atoms with Gasteiger partial charge in [0.15, 0.2) is 5.13 Å². The van der Waals surface area contributed by atoms with Crippen LogP contribution in [-0.4, -0.2) is 83.7 Å². The number of carbonyl (C=O) groups is 5. The fourth-order valence-corrected chi connectivity index (χ4v) is 5.03. The lowest BCUT2D eigenvalue weighted by Crippen LogP contribution is -2.57. The number of nitrogens with one attached hydrogen (secondary N) is 5. The molecule has 5 N–H and O–H groups in total. The monoisotopic (exact) mass is 621 g/mol. The van der Waals surface area contributed by atoms with Gasteiger partial charge in [-0.25, -0.2) is 4.98 Å². The van der Waals surface area contributed by atoms with Crippen molar-refractivity contribution in [2.75, 3.05) is 19.4 Å². The SMILES string of the molecule is CC(C)C[C@H](NC(=O)[C@H](CC(C)C)NC(=O)[C@H](C(C)C)N(C)C)C(=O)N[C@@H](C)/C=C/C(=O)N[C@@H](C)C(=O)Nc1nccs1. The zero-order chi connectivity index (χ0) is 32.9. The molecule has 5 atom stereocenters. The predicted molar refractivity (Wildman–Crippen MR) is 170 cm³/mol. The van der Waals surface area contributed by atoms with Gasteiger partial charge in [-0.1, -0.05) is 47.6 Å². The lowest BCUT2D eigenvalue weighted by Gasteiger charge is -2.30. The lowest BCUT2D eigenvalue weighted by atomic mass is 9.98. The standard InChI is InChI=1S/C30H51N7O5S/c1-17(2)15-22(34-28(41)23(16-18(3)4)35-29(42)25(19(5)6)37(9)10)27(40)32-20(7)11-12-24(38)33-21(8)26(39)36-30-31-13-14-43-30/h11-14,17-23,25H,15-16H2,1-10H3,(H,32,40)(H,33,38)(H,34,41)(H,35,42)(H,31,36,39)/b12-11+/t20-,21-,22-,23-,25-/m0/s1. The summed E-state index contributed by atoms with van der Waals surface area (Å²) in [5, 5.41) is 15.9. The van der Waals surface area contributed by atoms with E-state index in [0.29, 0.717) is 18.0 Å². The van der Waals surface area contributed by atoms with Crippen molar-refractivity contribution in [3.8, 4) is 0 Å². The number of hydrogen-bond acceptors (Lipinski definition) is 8. The van der Waals surface area contributed by atoms with E-state index in [1.165, 1.54) is 23.5 Å². The summed E-state index contributed by atoms with van der Waals surface area (Å²) in [7, 11) is 3.65. The van der Waals surface area contributed by atoms with E-state index < -0.39 is 53.8 Å². The molecule has 13 heteroatoms. The Hall–Kier alpha value is -3.32. The summed E-state index contributed by atoms with van der Waals surface area (Å²) < 4.78 is 0. The normalized spacial score (nSPS) is 15.2. The van der Waals surface area contributed by atoms with Gasteiger partial charge in [0.25, 0.3) is 0 Å². The summed E-state index contributed by atoms with van der Waals surface area (Å²) in [5.41, 5.74) is 0. The Balaban J connectivity index is 2.85. The number of anilines is 1. The molecule has 0 radical (unpaired) electrons. The number of hydrogen-bond donors (Lipinski definition) is 5. The summed E-state index contributed by atoms with van der Waals surface area (Å²) >= 11 is 1.27. The van der Waals surface area contributed by atoms with Crippen molar-refractivity contribution in [2.45, 2.75) is 98.4 Å². The number of carbonyl (C=O) groups excluding carboxylic acids is 5. The van der Waals surface area contributed by atoms with Gasteiger partial charge in [-0.15, -0.1) is 11.3 Å². The topological polar surface area (TPSA) is 162 Å². The summed E-state index contributed by atoms with van der Waals surface area (Å²) in [5.74, 6) is -1.70. The molecule has 0 aliphatic heterocycles. The van der Waals surface area contributed by atoms with Gasteiger partial charge < -0.3 is 26.6 Å². The highest BCUT2D eigenvalue weighted by molar-refractivity contribution is 7.13. The van der Waals surface area contributed by atoms with Crippen molar-refractivity contribution < 1.29 is 24.0 Å². The van der Waals surface area contributed by atoms with E-state index in [4.69, 9.17) is 0 Å². The number of aromatic nitrogens is 1. The maximum Gasteiger partial charge on any atom is 0.248 e. The van der Waals surface area contributed by atoms with Gasteiger partial charge in [-0.3, -0.25) is 28.9 Å². The Bertz CT molecular complexity index is 1080. The van der Waals surface area contributed by atoms with Crippen molar-refractivity contribution in [3.63, 3.8) is 0 Å². The highest BCUT2D eigenvalue weighted by atomic mass is 32.1. The van der Waals surface area contributed by atoms with Crippen LogP contribution < -0.4 is 26.6 Å². The van der Waals surface area contributed by atoms with Gasteiger partial charge in [0.2, 0.25) is 29.5 Å². The summed E-state index contributed by atoms with van der Waals surface area (Å²) in [6.45, 7) is 15.0. The molecule has 1 rings (SSSR count). The average Bonchev–Trinajstić information content (AvgIpc) is 3.38. The number of rotatable bonds is 17. The zero-order valence-corrected chi connectivity index (χ0v) is 28.0. The molecule has 5 amide bonds. The molecule has 43 heavy (non-hydrogen) atoms. The highest BCUT2D eigenvalue weighted by Gasteiger charge is 2.31. The summed E-state index contributed by atoms with van der Waals surface area (Å²) in [6, 6.07) is -3.39. The number of nitrogens with zero attached hydrogens (tertiary/aromatic N) is 2. The molecule has 0 bridgehead atoms. The molecule has 242 valence electrons. The molecule has 1 heterocycles. The van der Waals surface area contributed by atoms with Crippen molar-refractivity contribution in [3.05, 3.63) is 23.7 Å². The van der Waals surface area contributed by atoms with Gasteiger partial charge in [0.1, 0.15) is 18.1 Å². The highest BCUT2D eigenvalue weighted by Crippen LogP contribution is 2.13. The maximum absolute atomic E-state index is 13.4. The summed E-state index contributed by atoms with van der Waals surface area (Å²) in [4.78, 5) is 70.1. The van der Waals surface area contributed by atoms with E-state index in [-0.39, 0.29) is 23.7 Å². The smallest absolute Gasteiger partial charge is 0.248 e. The van der Waals surface area contributed by atoms with E-state index >= 15 is 0 Å². The second-order valence-electron chi connectivity index (χ2n) is 12.2. The largest absolute Gasteiger partial charge is 0.348 e. The minimum absolute atomic E-state index is 0.0396. The Morgan fingerprint density at radius 2 is 1.33 bits per heavy atom. The van der Waals surface area contributed by atoms with Crippen LogP contribution in [0.1, 0.15) is 68.2 Å². The fraction of sp³-hybridized carbons (Fsp3) is 0.667. The van der Waals surface area contributed by atoms with E-state index in [9.17, 15) is 24.0 Å². The van der Waals surface area contributed by atoms with E-state index in [1.54, 1.807) is 25.4 Å². The van der Waals surface area contributed by atoms with Crippen molar-refractivity contribution >= 4 is 46.0 Å². The van der Waals surface area contributed by atoms with E-state index in [2.05, 4.69) is 31.6 Å². The first kappa shape index (κ1) is 37.7. The van der Waals surface area contributed by atoms with Gasteiger partial charge in [0, 0.05) is 23.7 Å². The van der Waals surface area contributed by atoms with Crippen LogP contribution in [0.4, 0.5) is 5.13 Å². The van der Waals surface area contributed by atoms with Crippen LogP contribution in [0.25, 0.3) is 0 Å². The molecule has 0 saturated heterocycles. The summed E-state index contributed by atoms with van der Waals surface area (Å²) in [6.07, 6.45) is 5.12. The maximum atomic E-state index is 13.4. The third-order valence-electron chi connectivity index (χ3n) is 6.46. The van der Waals surface area contributed by atoms with Crippen LogP contribution in [0.15, 0.2) is 23.7 Å². The first-order valence-corrected chi connectivity index (χ1v) is 15.7. The minimum atomic E-state index is -0.840. The van der Waals surface area contributed by atoms with E-state index in [0.717, 1.165) is 0 Å². The Morgan fingerprint density at radius 1 is 0.791 bits per heavy atom. The molecular weight excluding hydrogens is 570 g/mol. The number of likely N-dealkylation sites (N-methyl/N-ethyl adjacent to an activating group) is 1.